The highest BCUT2D eigenvalue weighted by atomic mass is 16.5. The summed E-state index contributed by atoms with van der Waals surface area (Å²) in [5, 5.41) is 0. The van der Waals surface area contributed by atoms with Crippen molar-refractivity contribution in [3.63, 3.8) is 0 Å². The van der Waals surface area contributed by atoms with Gasteiger partial charge in [0, 0.05) is 28.7 Å². The largest absolute Gasteiger partial charge is 0.496 e. The van der Waals surface area contributed by atoms with Crippen molar-refractivity contribution in [1.29, 1.82) is 0 Å². The predicted octanol–water partition coefficient (Wildman–Crippen LogP) is 3.40. The summed E-state index contributed by atoms with van der Waals surface area (Å²) in [5.41, 5.74) is 4.54. The number of hydrogen-bond donors (Lipinski definition) is 0. The minimum Gasteiger partial charge on any atom is -0.496 e. The zero-order chi connectivity index (χ0) is 17.0. The molecule has 0 amide bonds. The van der Waals surface area contributed by atoms with Crippen LogP contribution in [-0.4, -0.2) is 25.8 Å². The molecule has 2 aromatic carbocycles. The maximum Gasteiger partial charge on any atom is 0.195 e. The topological polar surface area (TPSA) is 52.6 Å². The number of methoxy groups -OCH3 is 2. The zero-order valence-electron chi connectivity index (χ0n) is 13.7. The maximum absolute atomic E-state index is 13.1. The molecule has 2 aliphatic carbocycles. The van der Waals surface area contributed by atoms with Gasteiger partial charge in [0.15, 0.2) is 11.6 Å². The quantitative estimate of drug-likeness (QED) is 0.796. The molecule has 0 spiro atoms. The number of ketones is 2. The fourth-order valence-electron chi connectivity index (χ4n) is 3.69. The lowest BCUT2D eigenvalue weighted by Gasteiger charge is -2.19. The van der Waals surface area contributed by atoms with Gasteiger partial charge in [-0.2, -0.15) is 0 Å². The van der Waals surface area contributed by atoms with Gasteiger partial charge in [-0.05, 0) is 30.2 Å². The molecular formula is C20H16O4. The van der Waals surface area contributed by atoms with Crippen molar-refractivity contribution >= 4 is 17.1 Å². The summed E-state index contributed by atoms with van der Waals surface area (Å²) in [5.74, 6) is 0.811. The van der Waals surface area contributed by atoms with E-state index in [0.717, 1.165) is 16.7 Å². The van der Waals surface area contributed by atoms with E-state index < -0.39 is 0 Å². The Morgan fingerprint density at radius 2 is 1.67 bits per heavy atom. The minimum absolute atomic E-state index is 0.132. The number of hydrogen-bond acceptors (Lipinski definition) is 4. The number of benzene rings is 2. The second-order valence-corrected chi connectivity index (χ2v) is 6.07. The molecular weight excluding hydrogens is 305 g/mol. The summed E-state index contributed by atoms with van der Waals surface area (Å²) in [6.07, 6.45) is 0.449. The molecule has 0 aliphatic heterocycles. The van der Waals surface area contributed by atoms with Crippen LogP contribution >= 0.6 is 0 Å². The van der Waals surface area contributed by atoms with E-state index in [1.54, 1.807) is 25.3 Å². The molecule has 0 saturated heterocycles. The van der Waals surface area contributed by atoms with E-state index >= 15 is 0 Å². The third-order valence-electron chi connectivity index (χ3n) is 4.69. The summed E-state index contributed by atoms with van der Waals surface area (Å²) in [4.78, 5) is 26.2. The van der Waals surface area contributed by atoms with Crippen molar-refractivity contribution in [2.75, 3.05) is 14.2 Å². The first kappa shape index (κ1) is 14.7. The predicted molar refractivity (Wildman–Crippen MR) is 90.0 cm³/mol. The Balaban J connectivity index is 1.99. The van der Waals surface area contributed by atoms with Crippen LogP contribution in [0.15, 0.2) is 35.9 Å². The molecule has 0 atom stereocenters. The number of rotatable bonds is 2. The zero-order valence-corrected chi connectivity index (χ0v) is 13.7. The van der Waals surface area contributed by atoms with Crippen molar-refractivity contribution in [3.8, 4) is 11.5 Å². The Bertz CT molecular complexity index is 950. The Labute approximate surface area is 139 Å². The summed E-state index contributed by atoms with van der Waals surface area (Å²) >= 11 is 0. The van der Waals surface area contributed by atoms with Crippen LogP contribution in [0.4, 0.5) is 0 Å². The van der Waals surface area contributed by atoms with Gasteiger partial charge in [-0.25, -0.2) is 0 Å². The molecule has 0 radical (unpaired) electrons. The lowest BCUT2D eigenvalue weighted by Crippen LogP contribution is -2.20. The molecule has 2 aliphatic rings. The second-order valence-electron chi connectivity index (χ2n) is 6.07. The highest BCUT2D eigenvalue weighted by Crippen LogP contribution is 2.46. The van der Waals surface area contributed by atoms with E-state index in [2.05, 4.69) is 0 Å². The summed E-state index contributed by atoms with van der Waals surface area (Å²) in [7, 11) is 3.09. The van der Waals surface area contributed by atoms with Gasteiger partial charge in [-0.1, -0.05) is 18.2 Å². The number of Topliss-reactive ketones (excluding diaryl/α,β-unsaturated/α-hetero) is 2. The molecule has 0 fully saturated rings. The lowest BCUT2D eigenvalue weighted by molar-refractivity contribution is 0.0988. The molecule has 0 unspecified atom stereocenters. The number of ether oxygens (including phenoxy) is 2. The molecule has 0 aromatic heterocycles. The van der Waals surface area contributed by atoms with Gasteiger partial charge in [-0.15, -0.1) is 0 Å². The van der Waals surface area contributed by atoms with Crippen molar-refractivity contribution in [1.82, 2.24) is 0 Å². The summed E-state index contributed by atoms with van der Waals surface area (Å²) < 4.78 is 10.8. The first-order chi connectivity index (χ1) is 11.6. The number of carbonyl (C=O) groups excluding carboxylic acids is 2. The Morgan fingerprint density at radius 1 is 0.917 bits per heavy atom. The molecule has 4 nitrogen and oxygen atoms in total. The average molecular weight is 321 g/mol. The Kier molecular flexibility index (Phi) is 3.10. The van der Waals surface area contributed by atoms with Crippen LogP contribution < -0.4 is 9.47 Å². The first-order valence-electron chi connectivity index (χ1n) is 7.74. The highest BCUT2D eigenvalue weighted by molar-refractivity contribution is 6.42. The highest BCUT2D eigenvalue weighted by Gasteiger charge is 2.40. The Hall–Kier alpha value is -2.88. The molecule has 24 heavy (non-hydrogen) atoms. The number of aryl methyl sites for hydroxylation is 1. The molecule has 4 heteroatoms. The van der Waals surface area contributed by atoms with Crippen LogP contribution in [0.2, 0.25) is 0 Å². The van der Waals surface area contributed by atoms with E-state index in [4.69, 9.17) is 9.47 Å². The van der Waals surface area contributed by atoms with Crippen molar-refractivity contribution in [2.45, 2.75) is 13.3 Å². The molecule has 120 valence electrons. The van der Waals surface area contributed by atoms with Crippen LogP contribution in [0.3, 0.4) is 0 Å². The summed E-state index contributed by atoms with van der Waals surface area (Å²) in [6.45, 7) is 1.97. The van der Waals surface area contributed by atoms with Gasteiger partial charge in [-0.3, -0.25) is 9.59 Å². The fourth-order valence-corrected chi connectivity index (χ4v) is 3.69. The molecule has 4 rings (SSSR count). The van der Waals surface area contributed by atoms with Crippen LogP contribution in [-0.2, 0) is 6.42 Å². The first-order valence-corrected chi connectivity index (χ1v) is 7.74. The van der Waals surface area contributed by atoms with Crippen molar-refractivity contribution < 1.29 is 19.1 Å². The number of allylic oxidation sites excluding steroid dienone is 2. The van der Waals surface area contributed by atoms with E-state index in [-0.39, 0.29) is 11.6 Å². The Morgan fingerprint density at radius 3 is 2.38 bits per heavy atom. The molecule has 0 N–H and O–H groups in total. The third kappa shape index (κ3) is 1.80. The van der Waals surface area contributed by atoms with Crippen molar-refractivity contribution in [2.24, 2.45) is 0 Å². The number of fused-ring (bicyclic) bond motifs is 3. The second kappa shape index (κ2) is 5.06. The van der Waals surface area contributed by atoms with Gasteiger partial charge in [0.1, 0.15) is 11.5 Å². The molecule has 0 heterocycles. The van der Waals surface area contributed by atoms with Gasteiger partial charge < -0.3 is 9.47 Å². The SMILES string of the molecule is COc1cc(C)cc2c1C1=C([13CH2]2)C(=O)c2c(OC)cccc2C1=O. The monoisotopic (exact) mass is 321 g/mol. The fraction of sp³-hybridized carbons (Fsp3) is 0.200. The smallest absolute Gasteiger partial charge is 0.195 e. The van der Waals surface area contributed by atoms with Crippen LogP contribution in [0, 0.1) is 6.92 Å². The van der Waals surface area contributed by atoms with E-state index in [1.165, 1.54) is 7.11 Å². The van der Waals surface area contributed by atoms with Crippen LogP contribution in [0.25, 0.3) is 5.57 Å². The van der Waals surface area contributed by atoms with Crippen molar-refractivity contribution in [3.05, 3.63) is 63.7 Å². The average Bonchev–Trinajstić information content (AvgIpc) is 2.97. The maximum atomic E-state index is 13.1. The van der Waals surface area contributed by atoms with E-state index in [0.29, 0.717) is 40.2 Å². The minimum atomic E-state index is -0.139. The molecule has 0 saturated carbocycles. The van der Waals surface area contributed by atoms with Gasteiger partial charge in [0.25, 0.3) is 0 Å². The van der Waals surface area contributed by atoms with Crippen LogP contribution in [0.5, 0.6) is 11.5 Å². The van der Waals surface area contributed by atoms with E-state index in [1.807, 2.05) is 19.1 Å². The lowest BCUT2D eigenvalue weighted by atomic mass is 9.84. The van der Waals surface area contributed by atoms with Gasteiger partial charge >= 0.3 is 0 Å². The van der Waals surface area contributed by atoms with Gasteiger partial charge in [0.05, 0.1) is 19.8 Å². The summed E-state index contributed by atoms with van der Waals surface area (Å²) in [6, 6.07) is 9.03. The number of carbonyl (C=O) groups is 2. The molecule has 2 aromatic rings. The van der Waals surface area contributed by atoms with Crippen LogP contribution in [0.1, 0.15) is 37.4 Å². The van der Waals surface area contributed by atoms with E-state index in [9.17, 15) is 9.59 Å². The molecule has 0 bridgehead atoms. The third-order valence-corrected chi connectivity index (χ3v) is 4.69. The van der Waals surface area contributed by atoms with Gasteiger partial charge in [0.2, 0.25) is 0 Å². The standard InChI is InChI=1S/C20H16O4/c1-10-7-11-9-13-18(16(11)15(8-10)24-3)19(21)12-5-4-6-14(23-2)17(12)20(13)22/h4-8H,9H2,1-3H3/i9+1. The normalized spacial score (nSPS) is 15.1.